The highest BCUT2D eigenvalue weighted by Gasteiger charge is 2.22. The van der Waals surface area contributed by atoms with Crippen LogP contribution in [-0.2, 0) is 9.84 Å². The number of ether oxygens (including phenoxy) is 1. The quantitative estimate of drug-likeness (QED) is 0.887. The fourth-order valence-electron chi connectivity index (χ4n) is 1.66. The largest absolute Gasteiger partial charge is 0.495 e. The van der Waals surface area contributed by atoms with Crippen LogP contribution >= 0.6 is 0 Å². The average molecular weight is 271 g/mol. The summed E-state index contributed by atoms with van der Waals surface area (Å²) in [6.07, 6.45) is 0.631. The van der Waals surface area contributed by atoms with Gasteiger partial charge >= 0.3 is 0 Å². The van der Waals surface area contributed by atoms with Crippen molar-refractivity contribution < 1.29 is 13.2 Å². The van der Waals surface area contributed by atoms with Crippen molar-refractivity contribution in [2.24, 2.45) is 5.73 Å². The van der Waals surface area contributed by atoms with Crippen LogP contribution in [0.1, 0.15) is 24.5 Å². The fraction of sp³-hybridized carbons (Fsp3) is 0.538. The fourth-order valence-corrected chi connectivity index (χ4v) is 3.44. The lowest BCUT2D eigenvalue weighted by molar-refractivity contribution is 0.402. The smallest absolute Gasteiger partial charge is 0.183 e. The second-order valence-electron chi connectivity index (χ2n) is 4.54. The Morgan fingerprint density at radius 3 is 2.33 bits per heavy atom. The summed E-state index contributed by atoms with van der Waals surface area (Å²) in [7, 11) is -1.93. The number of hydrogen-bond acceptors (Lipinski definition) is 4. The van der Waals surface area contributed by atoms with Gasteiger partial charge in [0.25, 0.3) is 0 Å². The zero-order valence-corrected chi connectivity index (χ0v) is 12.2. The molecule has 18 heavy (non-hydrogen) atoms. The molecule has 1 aromatic rings. The Morgan fingerprint density at radius 2 is 1.83 bits per heavy atom. The highest BCUT2D eigenvalue weighted by Crippen LogP contribution is 2.28. The van der Waals surface area contributed by atoms with E-state index in [1.807, 2.05) is 20.8 Å². The van der Waals surface area contributed by atoms with Crippen molar-refractivity contribution >= 4 is 9.84 Å². The van der Waals surface area contributed by atoms with Crippen LogP contribution in [0.4, 0.5) is 0 Å². The first kappa shape index (κ1) is 15.0. The van der Waals surface area contributed by atoms with Gasteiger partial charge in [-0.15, -0.1) is 0 Å². The predicted octanol–water partition coefficient (Wildman–Crippen LogP) is 1.82. The van der Waals surface area contributed by atoms with Gasteiger partial charge in [-0.3, -0.25) is 0 Å². The zero-order chi connectivity index (χ0) is 13.9. The Labute approximate surface area is 109 Å². The van der Waals surface area contributed by atoms with Gasteiger partial charge in [0.05, 0.1) is 12.9 Å². The third-order valence-electron chi connectivity index (χ3n) is 3.07. The highest BCUT2D eigenvalue weighted by atomic mass is 32.2. The molecule has 1 atom stereocenters. The standard InChI is InChI=1S/C13H21NO3S/c1-5-11(14)8-18(15,16)13-7-10(3)9(2)6-12(13)17-4/h6-7,11H,5,8,14H2,1-4H3. The Hall–Kier alpha value is -1.07. The van der Waals surface area contributed by atoms with Crippen molar-refractivity contribution in [1.82, 2.24) is 0 Å². The Balaban J connectivity index is 3.27. The van der Waals surface area contributed by atoms with Crippen LogP contribution in [0.2, 0.25) is 0 Å². The van der Waals surface area contributed by atoms with Crippen LogP contribution in [0.15, 0.2) is 17.0 Å². The van der Waals surface area contributed by atoms with Gasteiger partial charge in [0.1, 0.15) is 10.6 Å². The van der Waals surface area contributed by atoms with Crippen LogP contribution in [0.5, 0.6) is 5.75 Å². The third-order valence-corrected chi connectivity index (χ3v) is 4.93. The van der Waals surface area contributed by atoms with E-state index in [9.17, 15) is 8.42 Å². The monoisotopic (exact) mass is 271 g/mol. The summed E-state index contributed by atoms with van der Waals surface area (Å²) in [5.41, 5.74) is 7.67. The lowest BCUT2D eigenvalue weighted by Gasteiger charge is -2.14. The molecule has 1 rings (SSSR count). The lowest BCUT2D eigenvalue weighted by Crippen LogP contribution is -2.29. The maximum absolute atomic E-state index is 12.3. The topological polar surface area (TPSA) is 69.4 Å². The van der Waals surface area contributed by atoms with E-state index >= 15 is 0 Å². The molecule has 1 unspecified atom stereocenters. The molecular formula is C13H21NO3S. The van der Waals surface area contributed by atoms with Gasteiger partial charge < -0.3 is 10.5 Å². The molecule has 2 N–H and O–H groups in total. The molecule has 102 valence electrons. The molecule has 0 saturated carbocycles. The molecule has 1 aromatic carbocycles. The number of benzene rings is 1. The molecule has 0 heterocycles. The summed E-state index contributed by atoms with van der Waals surface area (Å²) in [5.74, 6) is 0.337. The zero-order valence-electron chi connectivity index (χ0n) is 11.4. The number of methoxy groups -OCH3 is 1. The third kappa shape index (κ3) is 3.23. The first-order valence-corrected chi connectivity index (χ1v) is 7.60. The van der Waals surface area contributed by atoms with E-state index in [-0.39, 0.29) is 16.7 Å². The number of hydrogen-bond donors (Lipinski definition) is 1. The molecule has 5 heteroatoms. The van der Waals surface area contributed by atoms with Crippen LogP contribution in [0, 0.1) is 13.8 Å². The molecule has 0 aliphatic rings. The summed E-state index contributed by atoms with van der Waals surface area (Å²) >= 11 is 0. The Kier molecular flexibility index (Phi) is 4.76. The molecule has 0 saturated heterocycles. The minimum Gasteiger partial charge on any atom is -0.495 e. The maximum atomic E-state index is 12.3. The highest BCUT2D eigenvalue weighted by molar-refractivity contribution is 7.91. The molecule has 0 aliphatic carbocycles. The molecule has 0 radical (unpaired) electrons. The molecule has 0 fully saturated rings. The molecular weight excluding hydrogens is 250 g/mol. The van der Waals surface area contributed by atoms with Crippen LogP contribution in [0.25, 0.3) is 0 Å². The van der Waals surface area contributed by atoms with Gasteiger partial charge in [0.15, 0.2) is 9.84 Å². The van der Waals surface area contributed by atoms with Crippen molar-refractivity contribution in [3.63, 3.8) is 0 Å². The van der Waals surface area contributed by atoms with Gasteiger partial charge in [0, 0.05) is 6.04 Å². The van der Waals surface area contributed by atoms with E-state index in [0.717, 1.165) is 11.1 Å². The van der Waals surface area contributed by atoms with Gasteiger partial charge in [0.2, 0.25) is 0 Å². The maximum Gasteiger partial charge on any atom is 0.183 e. The van der Waals surface area contributed by atoms with Gasteiger partial charge in [-0.25, -0.2) is 8.42 Å². The minimum absolute atomic E-state index is 0.0532. The van der Waals surface area contributed by atoms with Crippen molar-refractivity contribution in [3.05, 3.63) is 23.3 Å². The van der Waals surface area contributed by atoms with Crippen molar-refractivity contribution in [3.8, 4) is 5.75 Å². The van der Waals surface area contributed by atoms with Crippen molar-refractivity contribution in [2.75, 3.05) is 12.9 Å². The van der Waals surface area contributed by atoms with E-state index in [4.69, 9.17) is 10.5 Å². The summed E-state index contributed by atoms with van der Waals surface area (Å²) in [5, 5.41) is 0. The van der Waals surface area contributed by atoms with Crippen molar-refractivity contribution in [1.29, 1.82) is 0 Å². The van der Waals surface area contributed by atoms with Gasteiger partial charge in [-0.05, 0) is 43.5 Å². The van der Waals surface area contributed by atoms with Gasteiger partial charge in [-0.1, -0.05) is 6.92 Å². The number of aryl methyl sites for hydroxylation is 2. The number of sulfone groups is 1. The second-order valence-corrected chi connectivity index (χ2v) is 6.54. The molecule has 0 aromatic heterocycles. The summed E-state index contributed by atoms with van der Waals surface area (Å²) in [6, 6.07) is 3.06. The summed E-state index contributed by atoms with van der Waals surface area (Å²) < 4.78 is 29.7. The van der Waals surface area contributed by atoms with E-state index in [1.165, 1.54) is 7.11 Å². The molecule has 0 spiro atoms. The van der Waals surface area contributed by atoms with Crippen LogP contribution in [-0.4, -0.2) is 27.3 Å². The number of nitrogens with two attached hydrogens (primary N) is 1. The van der Waals surface area contributed by atoms with Crippen LogP contribution in [0.3, 0.4) is 0 Å². The normalized spacial score (nSPS) is 13.4. The second kappa shape index (κ2) is 5.71. The molecule has 0 aliphatic heterocycles. The van der Waals surface area contributed by atoms with Crippen molar-refractivity contribution in [2.45, 2.75) is 38.1 Å². The van der Waals surface area contributed by atoms with E-state index in [0.29, 0.717) is 12.2 Å². The average Bonchev–Trinajstić information content (AvgIpc) is 2.31. The predicted molar refractivity (Wildman–Crippen MR) is 72.8 cm³/mol. The Morgan fingerprint density at radius 1 is 1.28 bits per heavy atom. The number of rotatable bonds is 5. The molecule has 0 amide bonds. The first-order valence-electron chi connectivity index (χ1n) is 5.95. The minimum atomic E-state index is -3.40. The van der Waals surface area contributed by atoms with Crippen LogP contribution < -0.4 is 10.5 Å². The van der Waals surface area contributed by atoms with Gasteiger partial charge in [-0.2, -0.15) is 0 Å². The van der Waals surface area contributed by atoms with E-state index in [2.05, 4.69) is 0 Å². The molecule has 0 bridgehead atoms. The summed E-state index contributed by atoms with van der Waals surface area (Å²) in [4.78, 5) is 0.233. The lowest BCUT2D eigenvalue weighted by atomic mass is 10.1. The first-order chi connectivity index (χ1) is 8.31. The van der Waals surface area contributed by atoms with E-state index in [1.54, 1.807) is 12.1 Å². The summed E-state index contributed by atoms with van der Waals surface area (Å²) in [6.45, 7) is 5.68. The SMILES string of the molecule is CCC(N)CS(=O)(=O)c1cc(C)c(C)cc1OC. The Bertz CT molecular complexity index is 523. The van der Waals surface area contributed by atoms with E-state index < -0.39 is 9.84 Å². The molecule has 4 nitrogen and oxygen atoms in total.